The minimum Gasteiger partial charge on any atom is -0.497 e. The minimum absolute atomic E-state index is 0.0588. The first-order valence-corrected chi connectivity index (χ1v) is 9.46. The highest BCUT2D eigenvalue weighted by Crippen LogP contribution is 2.28. The molecule has 1 aromatic heterocycles. The number of Topliss-reactive ketones (excluding diaryl/α,β-unsaturated/α-hetero) is 1. The number of rotatable bonds is 8. The lowest BCUT2D eigenvalue weighted by molar-refractivity contribution is -0.128. The Morgan fingerprint density at radius 2 is 1.97 bits per heavy atom. The van der Waals surface area contributed by atoms with Gasteiger partial charge in [-0.1, -0.05) is 23.7 Å². The number of ether oxygens (including phenoxy) is 1. The maximum absolute atomic E-state index is 12.4. The molecule has 0 fully saturated rings. The molecule has 0 saturated carbocycles. The number of hydrogen-bond donors (Lipinski definition) is 1. The lowest BCUT2D eigenvalue weighted by Crippen LogP contribution is -2.28. The molecule has 1 heterocycles. The van der Waals surface area contributed by atoms with Crippen molar-refractivity contribution in [2.75, 3.05) is 12.4 Å². The normalized spacial score (nSPS) is 11.4. The van der Waals surface area contributed by atoms with Gasteiger partial charge in [-0.25, -0.2) is 4.98 Å². The molecule has 0 aliphatic carbocycles. The summed E-state index contributed by atoms with van der Waals surface area (Å²) in [6, 6.07) is 15.5. The summed E-state index contributed by atoms with van der Waals surface area (Å²) in [5.74, 6) is -1.19. The average molecular weight is 424 g/mol. The predicted octanol–water partition coefficient (Wildman–Crippen LogP) is 4.28. The first-order chi connectivity index (χ1) is 14.5. The molecule has 1 amide bonds. The zero-order chi connectivity index (χ0) is 21.5. The summed E-state index contributed by atoms with van der Waals surface area (Å²) >= 11 is 6.14. The van der Waals surface area contributed by atoms with Gasteiger partial charge in [-0.2, -0.15) is 5.26 Å². The number of hydrogen-bond acceptors (Lipinski definition) is 6. The molecule has 0 saturated heterocycles. The number of halogens is 1. The van der Waals surface area contributed by atoms with E-state index in [1.807, 2.05) is 6.07 Å². The van der Waals surface area contributed by atoms with Gasteiger partial charge in [-0.05, 0) is 36.4 Å². The zero-order valence-electron chi connectivity index (χ0n) is 16.1. The second kappa shape index (κ2) is 9.72. The topological polar surface area (TPSA) is 105 Å². The molecule has 8 heteroatoms. The van der Waals surface area contributed by atoms with E-state index in [0.29, 0.717) is 33.7 Å². The van der Waals surface area contributed by atoms with Crippen molar-refractivity contribution in [2.45, 2.75) is 12.8 Å². The molecule has 1 unspecified atom stereocenters. The Morgan fingerprint density at radius 3 is 2.63 bits per heavy atom. The van der Waals surface area contributed by atoms with Crippen LogP contribution in [0.3, 0.4) is 0 Å². The van der Waals surface area contributed by atoms with Gasteiger partial charge in [0.1, 0.15) is 5.75 Å². The molecule has 1 atom stereocenters. The van der Waals surface area contributed by atoms with Crippen molar-refractivity contribution in [1.29, 1.82) is 5.26 Å². The van der Waals surface area contributed by atoms with E-state index in [9.17, 15) is 14.9 Å². The molecule has 0 bridgehead atoms. The van der Waals surface area contributed by atoms with Crippen molar-refractivity contribution in [1.82, 2.24) is 4.98 Å². The second-order valence-corrected chi connectivity index (χ2v) is 6.75. The van der Waals surface area contributed by atoms with E-state index in [2.05, 4.69) is 10.3 Å². The number of carbonyl (C=O) groups excluding carboxylic acids is 2. The quantitative estimate of drug-likeness (QED) is 0.542. The summed E-state index contributed by atoms with van der Waals surface area (Å²) in [5.41, 5.74) is 1.16. The van der Waals surface area contributed by atoms with E-state index in [1.54, 1.807) is 48.5 Å². The third-order valence-corrected chi connectivity index (χ3v) is 4.68. The Hall–Kier alpha value is -3.63. The number of carbonyl (C=O) groups is 2. The zero-order valence-corrected chi connectivity index (χ0v) is 16.8. The van der Waals surface area contributed by atoms with Crippen molar-refractivity contribution in [3.63, 3.8) is 0 Å². The minimum atomic E-state index is -1.43. The van der Waals surface area contributed by atoms with Crippen LogP contribution in [0.15, 0.2) is 59.1 Å². The monoisotopic (exact) mass is 423 g/mol. The Bertz CT molecular complexity index is 1090. The van der Waals surface area contributed by atoms with Gasteiger partial charge >= 0.3 is 0 Å². The van der Waals surface area contributed by atoms with Crippen LogP contribution in [0.2, 0.25) is 5.02 Å². The molecule has 152 valence electrons. The standard InChI is InChI=1S/C22H18ClN3O4/c1-29-15-8-6-14(7-9-15)26-22(28)17(12-24)19(27)10-11-21-25-13-20(30-21)16-4-2-3-5-18(16)23/h2-9,13,17H,10-11H2,1H3,(H,26,28). The van der Waals surface area contributed by atoms with E-state index in [1.165, 1.54) is 13.3 Å². The van der Waals surface area contributed by atoms with Crippen molar-refractivity contribution in [2.24, 2.45) is 5.92 Å². The molecule has 3 aromatic rings. The van der Waals surface area contributed by atoms with Crippen LogP contribution < -0.4 is 10.1 Å². The molecule has 7 nitrogen and oxygen atoms in total. The number of anilines is 1. The second-order valence-electron chi connectivity index (χ2n) is 6.34. The number of nitriles is 1. The maximum Gasteiger partial charge on any atom is 0.249 e. The first kappa shape index (κ1) is 21.1. The van der Waals surface area contributed by atoms with Crippen LogP contribution in [0.5, 0.6) is 5.75 Å². The Morgan fingerprint density at radius 1 is 1.23 bits per heavy atom. The van der Waals surface area contributed by atoms with E-state index in [4.69, 9.17) is 20.8 Å². The van der Waals surface area contributed by atoms with E-state index in [-0.39, 0.29) is 12.8 Å². The Balaban J connectivity index is 1.59. The van der Waals surface area contributed by atoms with Gasteiger partial charge in [-0.3, -0.25) is 9.59 Å². The number of aromatic nitrogens is 1. The fourth-order valence-electron chi connectivity index (χ4n) is 2.75. The fourth-order valence-corrected chi connectivity index (χ4v) is 2.98. The van der Waals surface area contributed by atoms with Gasteiger partial charge in [0.15, 0.2) is 23.4 Å². The molecule has 2 aromatic carbocycles. The van der Waals surface area contributed by atoms with Crippen molar-refractivity contribution >= 4 is 29.0 Å². The molecule has 3 rings (SSSR count). The van der Waals surface area contributed by atoms with Crippen LogP contribution >= 0.6 is 11.6 Å². The van der Waals surface area contributed by atoms with Crippen molar-refractivity contribution < 1.29 is 18.7 Å². The smallest absolute Gasteiger partial charge is 0.249 e. The van der Waals surface area contributed by atoms with Crippen LogP contribution in [0.1, 0.15) is 12.3 Å². The van der Waals surface area contributed by atoms with Gasteiger partial charge < -0.3 is 14.5 Å². The average Bonchev–Trinajstić information content (AvgIpc) is 3.22. The molecule has 0 aliphatic heterocycles. The summed E-state index contributed by atoms with van der Waals surface area (Å²) in [4.78, 5) is 28.9. The molecule has 0 aliphatic rings. The Labute approximate surface area is 178 Å². The number of ketones is 1. The summed E-state index contributed by atoms with van der Waals surface area (Å²) in [6.07, 6.45) is 1.63. The summed E-state index contributed by atoms with van der Waals surface area (Å²) in [7, 11) is 1.53. The van der Waals surface area contributed by atoms with E-state index >= 15 is 0 Å². The summed E-state index contributed by atoms with van der Waals surface area (Å²) in [6.45, 7) is 0. The van der Waals surface area contributed by atoms with E-state index < -0.39 is 17.6 Å². The highest BCUT2D eigenvalue weighted by atomic mass is 35.5. The largest absolute Gasteiger partial charge is 0.497 e. The highest BCUT2D eigenvalue weighted by Gasteiger charge is 2.26. The van der Waals surface area contributed by atoms with Gasteiger partial charge in [-0.15, -0.1) is 0 Å². The first-order valence-electron chi connectivity index (χ1n) is 9.08. The number of nitrogens with one attached hydrogen (secondary N) is 1. The molecule has 0 spiro atoms. The lowest BCUT2D eigenvalue weighted by atomic mass is 10.0. The number of methoxy groups -OCH3 is 1. The molecule has 1 N–H and O–H groups in total. The predicted molar refractivity (Wildman–Crippen MR) is 111 cm³/mol. The van der Waals surface area contributed by atoms with E-state index in [0.717, 1.165) is 0 Å². The van der Waals surface area contributed by atoms with Crippen molar-refractivity contribution in [3.05, 3.63) is 65.6 Å². The van der Waals surface area contributed by atoms with Crippen LogP contribution in [-0.2, 0) is 16.0 Å². The third kappa shape index (κ3) is 5.04. The molecular weight excluding hydrogens is 406 g/mol. The summed E-state index contributed by atoms with van der Waals surface area (Å²) < 4.78 is 10.7. The lowest BCUT2D eigenvalue weighted by Gasteiger charge is -2.09. The highest BCUT2D eigenvalue weighted by molar-refractivity contribution is 6.33. The van der Waals surface area contributed by atoms with Crippen LogP contribution in [0.25, 0.3) is 11.3 Å². The van der Waals surface area contributed by atoms with Crippen LogP contribution in [0.4, 0.5) is 5.69 Å². The van der Waals surface area contributed by atoms with Crippen LogP contribution in [-0.4, -0.2) is 23.8 Å². The van der Waals surface area contributed by atoms with Gasteiger partial charge in [0.25, 0.3) is 0 Å². The third-order valence-electron chi connectivity index (χ3n) is 4.35. The molecule has 0 radical (unpaired) electrons. The number of nitrogens with zero attached hydrogens (tertiary/aromatic N) is 2. The maximum atomic E-state index is 12.4. The fraction of sp³-hybridized carbons (Fsp3) is 0.182. The number of oxazole rings is 1. The van der Waals surface area contributed by atoms with Gasteiger partial charge in [0.2, 0.25) is 5.91 Å². The van der Waals surface area contributed by atoms with Gasteiger partial charge in [0.05, 0.1) is 24.4 Å². The number of benzene rings is 2. The SMILES string of the molecule is COc1ccc(NC(=O)C(C#N)C(=O)CCc2ncc(-c3ccccc3Cl)o2)cc1. The molecular formula is C22H18ClN3O4. The summed E-state index contributed by atoms with van der Waals surface area (Å²) in [5, 5.41) is 12.4. The van der Waals surface area contributed by atoms with Crippen LogP contribution in [0, 0.1) is 17.2 Å². The molecule has 30 heavy (non-hydrogen) atoms. The Kier molecular flexibility index (Phi) is 6.83. The number of aryl methyl sites for hydroxylation is 1. The number of amides is 1. The van der Waals surface area contributed by atoms with Gasteiger partial charge in [0, 0.05) is 24.1 Å². The van der Waals surface area contributed by atoms with Crippen molar-refractivity contribution in [3.8, 4) is 23.1 Å².